The molecule has 4 heteroatoms. The summed E-state index contributed by atoms with van der Waals surface area (Å²) in [6.45, 7) is 2.72. The van der Waals surface area contributed by atoms with Gasteiger partial charge in [0.25, 0.3) is 0 Å². The molecule has 0 bridgehead atoms. The number of benzene rings is 3. The normalized spacial score (nSPS) is 12.5. The van der Waals surface area contributed by atoms with E-state index in [9.17, 15) is 0 Å². The predicted molar refractivity (Wildman–Crippen MR) is 103 cm³/mol. The van der Waals surface area contributed by atoms with Crippen LogP contribution in [0.3, 0.4) is 0 Å². The van der Waals surface area contributed by atoms with Gasteiger partial charge in [-0.2, -0.15) is 0 Å². The minimum Gasteiger partial charge on any atom is -0.493 e. The van der Waals surface area contributed by atoms with E-state index in [0.29, 0.717) is 12.4 Å². The SMILES string of the molecule is CCCOc1c(OC)cccc1C1=Nc2cccc3cccc(c23)N1. The van der Waals surface area contributed by atoms with E-state index < -0.39 is 0 Å². The van der Waals surface area contributed by atoms with Crippen molar-refractivity contribution in [1.82, 2.24) is 0 Å². The molecule has 0 unspecified atom stereocenters. The van der Waals surface area contributed by atoms with Crippen molar-refractivity contribution in [1.29, 1.82) is 0 Å². The zero-order chi connectivity index (χ0) is 17.2. The summed E-state index contributed by atoms with van der Waals surface area (Å²) < 4.78 is 11.5. The van der Waals surface area contributed by atoms with Crippen molar-refractivity contribution in [2.24, 2.45) is 4.99 Å². The molecule has 1 N–H and O–H groups in total. The number of amidine groups is 1. The summed E-state index contributed by atoms with van der Waals surface area (Å²) in [7, 11) is 1.66. The fraction of sp³-hybridized carbons (Fsp3) is 0.190. The molecule has 3 aromatic rings. The number of hydrogen-bond donors (Lipinski definition) is 1. The zero-order valence-electron chi connectivity index (χ0n) is 14.4. The summed E-state index contributed by atoms with van der Waals surface area (Å²) in [4.78, 5) is 4.85. The van der Waals surface area contributed by atoms with Gasteiger partial charge in [0.15, 0.2) is 11.5 Å². The molecule has 0 fully saturated rings. The van der Waals surface area contributed by atoms with Crippen molar-refractivity contribution in [3.05, 3.63) is 60.2 Å². The van der Waals surface area contributed by atoms with Gasteiger partial charge in [0.2, 0.25) is 0 Å². The highest BCUT2D eigenvalue weighted by molar-refractivity contribution is 6.20. The summed E-state index contributed by atoms with van der Waals surface area (Å²) in [6.07, 6.45) is 0.930. The van der Waals surface area contributed by atoms with Crippen LogP contribution in [-0.4, -0.2) is 19.6 Å². The first kappa shape index (κ1) is 15.5. The van der Waals surface area contributed by atoms with E-state index in [0.717, 1.165) is 40.3 Å². The van der Waals surface area contributed by atoms with E-state index >= 15 is 0 Å². The molecule has 0 amide bonds. The summed E-state index contributed by atoms with van der Waals surface area (Å²) in [5, 5.41) is 5.79. The van der Waals surface area contributed by atoms with Crippen molar-refractivity contribution in [3.8, 4) is 11.5 Å². The first-order valence-electron chi connectivity index (χ1n) is 8.49. The zero-order valence-corrected chi connectivity index (χ0v) is 14.4. The first-order chi connectivity index (χ1) is 12.3. The standard InChI is InChI=1S/C21H20N2O2/c1-3-13-25-20-15(9-6-12-18(20)24-2)21-22-16-10-4-7-14-8-5-11-17(23-21)19(14)16/h4-12H,3,13H2,1-2H3,(H,22,23). The van der Waals surface area contributed by atoms with Gasteiger partial charge in [0.1, 0.15) is 5.84 Å². The number of aliphatic imine (C=N–C) groups is 1. The Kier molecular flexibility index (Phi) is 4.02. The van der Waals surface area contributed by atoms with Crippen molar-refractivity contribution < 1.29 is 9.47 Å². The van der Waals surface area contributed by atoms with Gasteiger partial charge < -0.3 is 14.8 Å². The van der Waals surface area contributed by atoms with Crippen LogP contribution in [0.5, 0.6) is 11.5 Å². The number of ether oxygens (including phenoxy) is 2. The second-order valence-corrected chi connectivity index (χ2v) is 5.95. The van der Waals surface area contributed by atoms with Crippen molar-refractivity contribution in [3.63, 3.8) is 0 Å². The average Bonchev–Trinajstić information content (AvgIpc) is 2.66. The monoisotopic (exact) mass is 332 g/mol. The van der Waals surface area contributed by atoms with E-state index in [1.54, 1.807) is 7.11 Å². The molecule has 0 aromatic heterocycles. The lowest BCUT2D eigenvalue weighted by Crippen LogP contribution is -2.18. The second kappa shape index (κ2) is 6.48. The molecule has 1 aliphatic rings. The van der Waals surface area contributed by atoms with E-state index in [-0.39, 0.29) is 0 Å². The molecular weight excluding hydrogens is 312 g/mol. The summed E-state index contributed by atoms with van der Waals surface area (Å²) in [5.41, 5.74) is 2.92. The molecule has 0 saturated carbocycles. The molecule has 0 saturated heterocycles. The van der Waals surface area contributed by atoms with Gasteiger partial charge in [-0.25, -0.2) is 4.99 Å². The Morgan fingerprint density at radius 3 is 2.60 bits per heavy atom. The Labute approximate surface area is 147 Å². The van der Waals surface area contributed by atoms with Crippen LogP contribution >= 0.6 is 0 Å². The number of methoxy groups -OCH3 is 1. The fourth-order valence-corrected chi connectivity index (χ4v) is 3.14. The van der Waals surface area contributed by atoms with Crippen LogP contribution in [0.25, 0.3) is 10.8 Å². The van der Waals surface area contributed by atoms with Crippen LogP contribution < -0.4 is 14.8 Å². The molecule has 25 heavy (non-hydrogen) atoms. The van der Waals surface area contributed by atoms with Gasteiger partial charge in [-0.15, -0.1) is 0 Å². The maximum Gasteiger partial charge on any atom is 0.172 e. The van der Waals surface area contributed by atoms with Crippen LogP contribution in [0, 0.1) is 0 Å². The molecule has 126 valence electrons. The highest BCUT2D eigenvalue weighted by atomic mass is 16.5. The lowest BCUT2D eigenvalue weighted by atomic mass is 10.0. The highest BCUT2D eigenvalue weighted by Gasteiger charge is 2.20. The van der Waals surface area contributed by atoms with Gasteiger partial charge in [0, 0.05) is 11.1 Å². The molecule has 4 nitrogen and oxygen atoms in total. The summed E-state index contributed by atoms with van der Waals surface area (Å²) >= 11 is 0. The van der Waals surface area contributed by atoms with Crippen LogP contribution in [0.2, 0.25) is 0 Å². The minimum atomic E-state index is 0.632. The van der Waals surface area contributed by atoms with Gasteiger partial charge in [0.05, 0.1) is 25.0 Å². The Bertz CT molecular complexity index is 958. The van der Waals surface area contributed by atoms with Gasteiger partial charge >= 0.3 is 0 Å². The first-order valence-corrected chi connectivity index (χ1v) is 8.49. The third-order valence-corrected chi connectivity index (χ3v) is 4.27. The molecule has 0 radical (unpaired) electrons. The third-order valence-electron chi connectivity index (χ3n) is 4.27. The van der Waals surface area contributed by atoms with E-state index in [1.165, 1.54) is 5.39 Å². The number of nitrogens with zero attached hydrogens (tertiary/aromatic N) is 1. The van der Waals surface area contributed by atoms with Crippen molar-refractivity contribution >= 4 is 28.0 Å². The number of anilines is 1. The Morgan fingerprint density at radius 1 is 1.00 bits per heavy atom. The number of rotatable bonds is 5. The van der Waals surface area contributed by atoms with Crippen LogP contribution in [-0.2, 0) is 0 Å². The van der Waals surface area contributed by atoms with Crippen LogP contribution in [0.15, 0.2) is 59.6 Å². The minimum absolute atomic E-state index is 0.632. The van der Waals surface area contributed by atoms with E-state index in [2.05, 4.69) is 36.5 Å². The van der Waals surface area contributed by atoms with E-state index in [1.807, 2.05) is 30.3 Å². The maximum atomic E-state index is 5.98. The topological polar surface area (TPSA) is 42.9 Å². The van der Waals surface area contributed by atoms with Gasteiger partial charge in [-0.05, 0) is 36.1 Å². The lowest BCUT2D eigenvalue weighted by Gasteiger charge is -2.21. The maximum absolute atomic E-state index is 5.98. The molecule has 0 atom stereocenters. The smallest absolute Gasteiger partial charge is 0.172 e. The predicted octanol–water partition coefficient (Wildman–Crippen LogP) is 5.14. The summed E-state index contributed by atoms with van der Waals surface area (Å²) in [6, 6.07) is 18.3. The molecule has 1 heterocycles. The van der Waals surface area contributed by atoms with E-state index in [4.69, 9.17) is 14.5 Å². The molecule has 3 aromatic carbocycles. The largest absolute Gasteiger partial charge is 0.493 e. The van der Waals surface area contributed by atoms with Crippen molar-refractivity contribution in [2.45, 2.75) is 13.3 Å². The summed E-state index contributed by atoms with van der Waals surface area (Å²) in [5.74, 6) is 2.22. The van der Waals surface area contributed by atoms with Crippen molar-refractivity contribution in [2.75, 3.05) is 19.0 Å². The molecular formula is C21H20N2O2. The fourth-order valence-electron chi connectivity index (χ4n) is 3.14. The molecule has 0 aliphatic carbocycles. The number of hydrogen-bond acceptors (Lipinski definition) is 4. The Hall–Kier alpha value is -3.01. The number of nitrogens with one attached hydrogen (secondary N) is 1. The number of para-hydroxylation sites is 1. The molecule has 4 rings (SSSR count). The van der Waals surface area contributed by atoms with Crippen LogP contribution in [0.1, 0.15) is 18.9 Å². The molecule has 1 aliphatic heterocycles. The van der Waals surface area contributed by atoms with Crippen LogP contribution in [0.4, 0.5) is 11.4 Å². The highest BCUT2D eigenvalue weighted by Crippen LogP contribution is 2.39. The second-order valence-electron chi connectivity index (χ2n) is 5.95. The van der Waals surface area contributed by atoms with Gasteiger partial charge in [-0.1, -0.05) is 37.3 Å². The van der Waals surface area contributed by atoms with Gasteiger partial charge in [-0.3, -0.25) is 0 Å². The lowest BCUT2D eigenvalue weighted by molar-refractivity contribution is 0.294. The molecule has 0 spiro atoms. The average molecular weight is 332 g/mol. The Morgan fingerprint density at radius 2 is 1.80 bits per heavy atom. The quantitative estimate of drug-likeness (QED) is 0.703. The third kappa shape index (κ3) is 2.70. The Balaban J connectivity index is 1.86.